The van der Waals surface area contributed by atoms with E-state index in [1.54, 1.807) is 22.7 Å². The fourth-order valence-corrected chi connectivity index (χ4v) is 15.2. The third-order valence-corrected chi connectivity index (χ3v) is 19.6. The molecule has 0 spiro atoms. The Bertz CT molecular complexity index is 5830. The van der Waals surface area contributed by atoms with E-state index in [1.165, 1.54) is 20.2 Å². The minimum absolute atomic E-state index is 0.601. The summed E-state index contributed by atoms with van der Waals surface area (Å²) < 4.78 is 4.71. The first-order valence-electron chi connectivity index (χ1n) is 29.1. The lowest BCUT2D eigenvalue weighted by molar-refractivity contribution is 1.37. The lowest BCUT2D eigenvalue weighted by atomic mass is 9.91. The van der Waals surface area contributed by atoms with Gasteiger partial charge in [0.25, 0.3) is 0 Å². The molecule has 0 atom stereocenters. The molecule has 0 aliphatic rings. The number of thiophene rings is 2. The topological polar surface area (TPSA) is 99.1 Å². The van der Waals surface area contributed by atoms with Crippen LogP contribution in [0.15, 0.2) is 267 Å². The van der Waals surface area contributed by atoms with Crippen LogP contribution in [-0.4, -0.2) is 19.9 Å². The quantitative estimate of drug-likeness (QED) is 0.141. The number of fused-ring (bicyclic) bond motifs is 12. The molecule has 17 rings (SSSR count). The predicted molar refractivity (Wildman–Crippen MR) is 366 cm³/mol. The van der Waals surface area contributed by atoms with Crippen molar-refractivity contribution in [3.05, 3.63) is 278 Å². The molecule has 0 saturated carbocycles. The number of benzene rings is 11. The summed E-state index contributed by atoms with van der Waals surface area (Å²) >= 11 is 3.57. The lowest BCUT2D eigenvalue weighted by Crippen LogP contribution is -1.91. The fraction of sp³-hybridized carbons (Fsp3) is 0. The lowest BCUT2D eigenvalue weighted by Gasteiger charge is -2.13. The summed E-state index contributed by atoms with van der Waals surface area (Å²) in [6.45, 7) is 0. The van der Waals surface area contributed by atoms with Crippen LogP contribution in [0.25, 0.3) is 173 Å². The van der Waals surface area contributed by atoms with Crippen molar-refractivity contribution in [3.8, 4) is 102 Å². The van der Waals surface area contributed by atoms with Crippen LogP contribution < -0.4 is 0 Å². The van der Waals surface area contributed by atoms with Crippen molar-refractivity contribution in [2.45, 2.75) is 0 Å². The van der Waals surface area contributed by atoms with Crippen LogP contribution in [0.2, 0.25) is 0 Å². The zero-order valence-electron chi connectivity index (χ0n) is 46.9. The highest BCUT2D eigenvalue weighted by molar-refractivity contribution is 7.26. The molecule has 0 fully saturated rings. The maximum Gasteiger partial charge on any atom is 0.0998 e. The highest BCUT2D eigenvalue weighted by Gasteiger charge is 2.21. The summed E-state index contributed by atoms with van der Waals surface area (Å²) in [6.07, 6.45) is 1.83. The Morgan fingerprint density at radius 2 is 0.750 bits per heavy atom. The molecule has 11 aromatic carbocycles. The van der Waals surface area contributed by atoms with Crippen LogP contribution in [0.4, 0.5) is 0 Å². The summed E-state index contributed by atoms with van der Waals surface area (Å²) in [7, 11) is 0. The van der Waals surface area contributed by atoms with Gasteiger partial charge in [-0.25, -0.2) is 15.0 Å². The number of nitrogens with zero attached hydrogens (tertiary/aromatic N) is 6. The van der Waals surface area contributed by atoms with Gasteiger partial charge in [0, 0.05) is 84.8 Å². The van der Waals surface area contributed by atoms with Gasteiger partial charge in [-0.2, -0.15) is 10.5 Å². The van der Waals surface area contributed by atoms with E-state index in [0.717, 1.165) is 153 Å². The van der Waals surface area contributed by atoms with E-state index in [9.17, 15) is 10.5 Å². The van der Waals surface area contributed by atoms with Crippen LogP contribution >= 0.6 is 22.7 Å². The first kappa shape index (κ1) is 50.9. The Morgan fingerprint density at radius 1 is 0.284 bits per heavy atom. The Hall–Kier alpha value is -11.5. The summed E-state index contributed by atoms with van der Waals surface area (Å²) in [6, 6.07) is 96.1. The van der Waals surface area contributed by atoms with Gasteiger partial charge < -0.3 is 0 Å². The van der Waals surface area contributed by atoms with Crippen molar-refractivity contribution in [1.82, 2.24) is 19.9 Å². The number of nitriles is 2. The normalized spacial score (nSPS) is 11.6. The van der Waals surface area contributed by atoms with Gasteiger partial charge in [0.05, 0.1) is 62.4 Å². The van der Waals surface area contributed by atoms with Gasteiger partial charge in [-0.3, -0.25) is 4.98 Å². The van der Waals surface area contributed by atoms with Crippen molar-refractivity contribution >= 4 is 107 Å². The van der Waals surface area contributed by atoms with Gasteiger partial charge in [0.2, 0.25) is 0 Å². The number of pyridine rings is 4. The Kier molecular flexibility index (Phi) is 11.9. The monoisotopic (exact) mass is 1150 g/mol. The molecule has 6 aromatic heterocycles. The molecule has 0 N–H and O–H groups in total. The van der Waals surface area contributed by atoms with E-state index in [-0.39, 0.29) is 0 Å². The average Bonchev–Trinajstić information content (AvgIpc) is 3.93. The third-order valence-electron chi connectivity index (χ3n) is 17.2. The molecular formula is C80H44N6S2. The highest BCUT2D eigenvalue weighted by atomic mass is 32.1. The van der Waals surface area contributed by atoms with E-state index >= 15 is 0 Å². The molecule has 0 aliphatic heterocycles. The van der Waals surface area contributed by atoms with Crippen LogP contribution in [-0.2, 0) is 0 Å². The molecule has 0 unspecified atom stereocenters. The van der Waals surface area contributed by atoms with Crippen LogP contribution in [0, 0.1) is 22.7 Å². The van der Waals surface area contributed by atoms with Gasteiger partial charge >= 0.3 is 0 Å². The zero-order valence-corrected chi connectivity index (χ0v) is 48.5. The minimum atomic E-state index is 0.601. The van der Waals surface area contributed by atoms with Crippen molar-refractivity contribution in [3.63, 3.8) is 0 Å². The average molecular weight is 1150 g/mol. The minimum Gasteiger partial charge on any atom is -0.254 e. The second kappa shape index (κ2) is 20.6. The first-order chi connectivity index (χ1) is 43.5. The molecule has 0 bridgehead atoms. The standard InChI is InChI=1S/C80H44N6S2/c81-45-59-10-4-5-12-61(59)47-15-21-50(22-16-47)64-34-35-65(80-75(64)67-44-58(32-40-72(67)88-80)70-38-30-55-26-25-54-28-36-68(51-8-2-1-3-9-51)84-78(54)79(55)86-70)56-27-33-62(60(42-56)46-82)48-17-19-49(20-18-48)63-13-6-14-73-74(63)66-43-57(31-39-71(66)87-73)69-37-29-53-24-23-52-11-7-41-83-76(52)77(53)85-69/h1-44H. The molecule has 0 aliphatic carbocycles. The number of rotatable bonds is 8. The maximum atomic E-state index is 11.0. The van der Waals surface area contributed by atoms with E-state index in [0.29, 0.717) is 11.1 Å². The van der Waals surface area contributed by atoms with Gasteiger partial charge in [0.15, 0.2) is 0 Å². The molecule has 406 valence electrons. The Balaban J connectivity index is 0.747. The molecule has 6 nitrogen and oxygen atoms in total. The smallest absolute Gasteiger partial charge is 0.0998 e. The molecule has 6 heterocycles. The summed E-state index contributed by atoms with van der Waals surface area (Å²) in [5, 5.41) is 29.8. The van der Waals surface area contributed by atoms with Crippen molar-refractivity contribution in [1.29, 1.82) is 10.5 Å². The zero-order chi connectivity index (χ0) is 58.4. The fourth-order valence-electron chi connectivity index (χ4n) is 12.9. The SMILES string of the molecule is N#Cc1ccccc1-c1ccc(-c2ccc(-c3ccc(-c4ccc(-c5cccc6sc7ccc(-c8ccc9ccc%10cccnc%10c9n8)cc7c56)cc4)c(C#N)c3)c3sc4ccc(-c5ccc6ccc7ccc(-c8ccccc8)nc7c6n5)cc4c23)cc1. The third kappa shape index (κ3) is 8.50. The molecule has 8 heteroatoms. The molecule has 0 radical (unpaired) electrons. The first-order valence-corrected chi connectivity index (χ1v) is 30.7. The molecule has 0 saturated heterocycles. The predicted octanol–water partition coefficient (Wildman–Crippen LogP) is 21.7. The largest absolute Gasteiger partial charge is 0.254 e. The number of hydrogen-bond acceptors (Lipinski definition) is 8. The number of hydrogen-bond donors (Lipinski definition) is 0. The highest BCUT2D eigenvalue weighted by Crippen LogP contribution is 2.48. The molecular weight excluding hydrogens is 1110 g/mol. The van der Waals surface area contributed by atoms with Crippen molar-refractivity contribution in [2.75, 3.05) is 0 Å². The summed E-state index contributed by atoms with van der Waals surface area (Å²) in [5.74, 6) is 0. The summed E-state index contributed by atoms with van der Waals surface area (Å²) in [4.78, 5) is 20.5. The van der Waals surface area contributed by atoms with Gasteiger partial charge in [0.1, 0.15) is 0 Å². The van der Waals surface area contributed by atoms with Crippen molar-refractivity contribution in [2.24, 2.45) is 0 Å². The van der Waals surface area contributed by atoms with Gasteiger partial charge in [-0.15, -0.1) is 22.7 Å². The Labute approximate surface area is 513 Å². The second-order valence-electron chi connectivity index (χ2n) is 22.2. The second-order valence-corrected chi connectivity index (χ2v) is 24.4. The van der Waals surface area contributed by atoms with Crippen LogP contribution in [0.5, 0.6) is 0 Å². The maximum absolute atomic E-state index is 11.0. The van der Waals surface area contributed by atoms with Crippen LogP contribution in [0.3, 0.4) is 0 Å². The van der Waals surface area contributed by atoms with E-state index < -0.39 is 0 Å². The van der Waals surface area contributed by atoms with E-state index in [2.05, 4.69) is 224 Å². The van der Waals surface area contributed by atoms with Crippen molar-refractivity contribution < 1.29 is 0 Å². The van der Waals surface area contributed by atoms with Crippen LogP contribution in [0.1, 0.15) is 11.1 Å². The number of aromatic nitrogens is 4. The van der Waals surface area contributed by atoms with Gasteiger partial charge in [-0.05, 0) is 122 Å². The van der Waals surface area contributed by atoms with E-state index in [4.69, 9.17) is 19.9 Å². The molecule has 88 heavy (non-hydrogen) atoms. The van der Waals surface area contributed by atoms with Gasteiger partial charge in [-0.1, -0.05) is 194 Å². The Morgan fingerprint density at radius 3 is 1.39 bits per heavy atom. The summed E-state index contributed by atoms with van der Waals surface area (Å²) in [5.41, 5.74) is 20.8. The van der Waals surface area contributed by atoms with E-state index in [1.807, 2.05) is 54.7 Å². The molecule has 0 amide bonds. The molecule has 17 aromatic rings.